The molecule has 0 amide bonds. The first-order valence-corrected chi connectivity index (χ1v) is 8.26. The third-order valence-corrected chi connectivity index (χ3v) is 4.62. The minimum atomic E-state index is -0.422. The first kappa shape index (κ1) is 16.1. The highest BCUT2D eigenvalue weighted by Gasteiger charge is 2.21. The van der Waals surface area contributed by atoms with Crippen LogP contribution in [-0.4, -0.2) is 23.0 Å². The molecule has 0 aliphatic carbocycles. The Morgan fingerprint density at radius 2 is 1.83 bits per heavy atom. The highest BCUT2D eigenvalue weighted by Crippen LogP contribution is 2.24. The second kappa shape index (κ2) is 7.64. The number of likely N-dealkylation sites (tertiary alicyclic amines) is 1. The molecule has 1 aliphatic rings. The number of rotatable bonds is 5. The van der Waals surface area contributed by atoms with Crippen molar-refractivity contribution in [2.75, 3.05) is 13.1 Å². The van der Waals surface area contributed by atoms with E-state index in [1.54, 1.807) is 0 Å². The molecule has 1 aliphatic heterocycles. The molecule has 0 saturated carbocycles. The number of piperidine rings is 1. The number of hydrogen-bond acceptors (Lipinski definition) is 2. The zero-order valence-corrected chi connectivity index (χ0v) is 13.2. The minimum Gasteiger partial charge on any atom is -0.299 e. The topological polar surface area (TPSA) is 16.1 Å². The van der Waals surface area contributed by atoms with E-state index in [1.807, 2.05) is 24.5 Å². The normalized spacial score (nSPS) is 19.0. The largest absolute Gasteiger partial charge is 0.299 e. The summed E-state index contributed by atoms with van der Waals surface area (Å²) in [7, 11) is 0. The molecule has 2 aromatic rings. The number of pyridine rings is 1. The van der Waals surface area contributed by atoms with Gasteiger partial charge in [-0.1, -0.05) is 6.07 Å². The minimum absolute atomic E-state index is 0.235. The van der Waals surface area contributed by atoms with Crippen molar-refractivity contribution >= 4 is 0 Å². The third kappa shape index (κ3) is 4.35. The lowest BCUT2D eigenvalue weighted by atomic mass is 9.91. The molecule has 1 atom stereocenters. The molecule has 1 aromatic heterocycles. The van der Waals surface area contributed by atoms with Gasteiger partial charge in [-0.2, -0.15) is 0 Å². The van der Waals surface area contributed by atoms with Crippen LogP contribution in [0.3, 0.4) is 0 Å². The van der Waals surface area contributed by atoms with Crippen molar-refractivity contribution in [1.29, 1.82) is 0 Å². The van der Waals surface area contributed by atoms with Crippen LogP contribution in [0.1, 0.15) is 30.4 Å². The quantitative estimate of drug-likeness (QED) is 0.821. The predicted molar refractivity (Wildman–Crippen MR) is 86.9 cm³/mol. The van der Waals surface area contributed by atoms with E-state index in [4.69, 9.17) is 0 Å². The summed E-state index contributed by atoms with van der Waals surface area (Å²) < 4.78 is 27.4. The summed E-state index contributed by atoms with van der Waals surface area (Å²) >= 11 is 0. The summed E-state index contributed by atoms with van der Waals surface area (Å²) in [5.41, 5.74) is 1.50. The second-order valence-corrected chi connectivity index (χ2v) is 6.34. The number of hydrogen-bond donors (Lipinski definition) is 0. The van der Waals surface area contributed by atoms with Crippen LogP contribution < -0.4 is 0 Å². The highest BCUT2D eigenvalue weighted by molar-refractivity contribution is 5.19. The van der Waals surface area contributed by atoms with Gasteiger partial charge in [-0.05, 0) is 68.0 Å². The van der Waals surface area contributed by atoms with Gasteiger partial charge >= 0.3 is 0 Å². The van der Waals surface area contributed by atoms with Gasteiger partial charge in [-0.15, -0.1) is 0 Å². The van der Waals surface area contributed by atoms with Crippen LogP contribution in [-0.2, 0) is 13.0 Å². The van der Waals surface area contributed by atoms with Crippen LogP contribution in [0.15, 0.2) is 42.7 Å². The highest BCUT2D eigenvalue weighted by atomic mass is 19.1. The second-order valence-electron chi connectivity index (χ2n) is 6.34. The van der Waals surface area contributed by atoms with E-state index < -0.39 is 11.6 Å². The molecule has 0 spiro atoms. The maximum atomic E-state index is 13.7. The van der Waals surface area contributed by atoms with Crippen LogP contribution in [0, 0.1) is 17.6 Å². The Morgan fingerprint density at radius 3 is 2.57 bits per heavy atom. The summed E-state index contributed by atoms with van der Waals surface area (Å²) in [6.07, 6.45) is 7.24. The molecule has 2 heterocycles. The van der Waals surface area contributed by atoms with Gasteiger partial charge < -0.3 is 0 Å². The van der Waals surface area contributed by atoms with E-state index in [9.17, 15) is 8.78 Å². The molecule has 3 rings (SSSR count). The van der Waals surface area contributed by atoms with E-state index in [0.29, 0.717) is 12.3 Å². The van der Waals surface area contributed by atoms with Crippen LogP contribution in [0.25, 0.3) is 0 Å². The zero-order valence-electron chi connectivity index (χ0n) is 13.2. The van der Waals surface area contributed by atoms with Crippen molar-refractivity contribution in [2.45, 2.75) is 32.2 Å². The molecule has 0 radical (unpaired) electrons. The van der Waals surface area contributed by atoms with E-state index in [2.05, 4.69) is 9.88 Å². The van der Waals surface area contributed by atoms with Gasteiger partial charge in [-0.3, -0.25) is 9.88 Å². The van der Waals surface area contributed by atoms with Crippen LogP contribution >= 0.6 is 0 Å². The number of aromatic nitrogens is 1. The van der Waals surface area contributed by atoms with E-state index in [0.717, 1.165) is 38.9 Å². The summed E-state index contributed by atoms with van der Waals surface area (Å²) in [4.78, 5) is 6.48. The molecule has 0 N–H and O–H groups in total. The van der Waals surface area contributed by atoms with Crippen molar-refractivity contribution < 1.29 is 8.78 Å². The molecule has 0 bridgehead atoms. The number of halogens is 2. The molecule has 2 nitrogen and oxygen atoms in total. The van der Waals surface area contributed by atoms with Gasteiger partial charge in [0.15, 0.2) is 0 Å². The lowest BCUT2D eigenvalue weighted by molar-refractivity contribution is 0.161. The monoisotopic (exact) mass is 316 g/mol. The summed E-state index contributed by atoms with van der Waals surface area (Å²) in [6, 6.07) is 8.19. The SMILES string of the molecule is Fc1cccc(F)c1CC[C@@H]1CCCN(Cc2ccncc2)C1. The average Bonchev–Trinajstić information content (AvgIpc) is 2.56. The van der Waals surface area contributed by atoms with Crippen LogP contribution in [0.2, 0.25) is 0 Å². The summed E-state index contributed by atoms with van der Waals surface area (Å²) in [5.74, 6) is -0.339. The first-order valence-electron chi connectivity index (χ1n) is 8.26. The Balaban J connectivity index is 1.55. The van der Waals surface area contributed by atoms with Crippen molar-refractivity contribution in [3.05, 3.63) is 65.5 Å². The van der Waals surface area contributed by atoms with Gasteiger partial charge in [0.1, 0.15) is 11.6 Å². The summed E-state index contributed by atoms with van der Waals surface area (Å²) in [5, 5.41) is 0. The molecule has 4 heteroatoms. The molecular weight excluding hydrogens is 294 g/mol. The van der Waals surface area contributed by atoms with E-state index in [1.165, 1.54) is 23.8 Å². The molecule has 1 aromatic carbocycles. The molecular formula is C19H22F2N2. The third-order valence-electron chi connectivity index (χ3n) is 4.62. The maximum Gasteiger partial charge on any atom is 0.129 e. The van der Waals surface area contributed by atoms with Gasteiger partial charge in [0.05, 0.1) is 0 Å². The fourth-order valence-corrected chi connectivity index (χ4v) is 3.40. The van der Waals surface area contributed by atoms with Gasteiger partial charge in [0, 0.05) is 31.0 Å². The van der Waals surface area contributed by atoms with Crippen LogP contribution in [0.5, 0.6) is 0 Å². The molecule has 1 saturated heterocycles. The lowest BCUT2D eigenvalue weighted by Crippen LogP contribution is -2.35. The fourth-order valence-electron chi connectivity index (χ4n) is 3.40. The Kier molecular flexibility index (Phi) is 5.34. The van der Waals surface area contributed by atoms with Gasteiger partial charge in [-0.25, -0.2) is 8.78 Å². The fraction of sp³-hybridized carbons (Fsp3) is 0.421. The molecule has 1 fully saturated rings. The maximum absolute atomic E-state index is 13.7. The smallest absolute Gasteiger partial charge is 0.129 e. The number of benzene rings is 1. The lowest BCUT2D eigenvalue weighted by Gasteiger charge is -2.32. The standard InChI is InChI=1S/C19H22F2N2/c20-18-4-1-5-19(21)17(18)7-6-15-3-2-12-23(13-15)14-16-8-10-22-11-9-16/h1,4-5,8-11,15H,2-3,6-7,12-14H2/t15-/m0/s1. The molecule has 122 valence electrons. The van der Waals surface area contributed by atoms with E-state index in [-0.39, 0.29) is 5.56 Å². The van der Waals surface area contributed by atoms with Crippen molar-refractivity contribution in [1.82, 2.24) is 9.88 Å². The Bertz CT molecular complexity index is 610. The van der Waals surface area contributed by atoms with E-state index >= 15 is 0 Å². The zero-order chi connectivity index (χ0) is 16.1. The van der Waals surface area contributed by atoms with Gasteiger partial charge in [0.2, 0.25) is 0 Å². The first-order chi connectivity index (χ1) is 11.2. The predicted octanol–water partition coefficient (Wildman–Crippen LogP) is 4.20. The van der Waals surface area contributed by atoms with Crippen molar-refractivity contribution in [2.24, 2.45) is 5.92 Å². The van der Waals surface area contributed by atoms with Crippen molar-refractivity contribution in [3.63, 3.8) is 0 Å². The van der Waals surface area contributed by atoms with Crippen LogP contribution in [0.4, 0.5) is 8.78 Å². The van der Waals surface area contributed by atoms with Gasteiger partial charge in [0.25, 0.3) is 0 Å². The Labute approximate surface area is 136 Å². The summed E-state index contributed by atoms with van der Waals surface area (Å²) in [6.45, 7) is 3.01. The van der Waals surface area contributed by atoms with Crippen molar-refractivity contribution in [3.8, 4) is 0 Å². The molecule has 23 heavy (non-hydrogen) atoms. The Morgan fingerprint density at radius 1 is 1.09 bits per heavy atom. The Hall–Kier alpha value is -1.81. The number of nitrogens with zero attached hydrogens (tertiary/aromatic N) is 2. The molecule has 0 unspecified atom stereocenters. The average molecular weight is 316 g/mol.